The molecule has 2 atom stereocenters. The van der Waals surface area contributed by atoms with Gasteiger partial charge < -0.3 is 5.32 Å². The van der Waals surface area contributed by atoms with Crippen LogP contribution in [0.5, 0.6) is 0 Å². The van der Waals surface area contributed by atoms with Crippen molar-refractivity contribution in [3.63, 3.8) is 0 Å². The van der Waals surface area contributed by atoms with Gasteiger partial charge in [0.05, 0.1) is 11.2 Å². The fraction of sp³-hybridized carbons (Fsp3) is 0.727. The van der Waals surface area contributed by atoms with E-state index in [1.165, 1.54) is 25.1 Å². The lowest BCUT2D eigenvalue weighted by Crippen LogP contribution is -2.36. The molecule has 2 unspecified atom stereocenters. The van der Waals surface area contributed by atoms with Gasteiger partial charge in [-0.05, 0) is 33.4 Å². The van der Waals surface area contributed by atoms with Crippen LogP contribution in [0.15, 0.2) is 10.9 Å². The molecule has 4 heteroatoms. The maximum Gasteiger partial charge on any atom is 0.0795 e. The Labute approximate surface area is 95.5 Å². The first-order valence-corrected chi connectivity index (χ1v) is 6.53. The number of likely N-dealkylation sites (N-methyl/N-ethyl adjacent to an activating group) is 1. The Hall–Kier alpha value is -0.450. The molecule has 1 saturated heterocycles. The van der Waals surface area contributed by atoms with Crippen LogP contribution in [0.4, 0.5) is 0 Å². The smallest absolute Gasteiger partial charge is 0.0795 e. The Morgan fingerprint density at radius 3 is 3.20 bits per heavy atom. The average molecular weight is 225 g/mol. The standard InChI is InChI=1S/C11H19N3S/c1-9(11-7-15-8-13-11)14(2)6-10-4-3-5-12-10/h7-10,12H,3-6H2,1-2H3. The summed E-state index contributed by atoms with van der Waals surface area (Å²) in [6.07, 6.45) is 2.64. The summed E-state index contributed by atoms with van der Waals surface area (Å²) in [4.78, 5) is 6.76. The molecule has 1 aromatic heterocycles. The van der Waals surface area contributed by atoms with Gasteiger partial charge in [-0.2, -0.15) is 0 Å². The van der Waals surface area contributed by atoms with Crippen LogP contribution in [0.3, 0.4) is 0 Å². The Bertz CT molecular complexity index is 280. The van der Waals surface area contributed by atoms with Gasteiger partial charge in [0.2, 0.25) is 0 Å². The first kappa shape index (κ1) is 11.0. The summed E-state index contributed by atoms with van der Waals surface area (Å²) in [6, 6.07) is 1.11. The van der Waals surface area contributed by atoms with Crippen LogP contribution < -0.4 is 5.32 Å². The van der Waals surface area contributed by atoms with Gasteiger partial charge in [0, 0.05) is 24.0 Å². The van der Waals surface area contributed by atoms with Crippen LogP contribution in [0, 0.1) is 0 Å². The molecule has 0 aliphatic carbocycles. The number of aromatic nitrogens is 1. The van der Waals surface area contributed by atoms with Crippen molar-refractivity contribution < 1.29 is 0 Å². The van der Waals surface area contributed by atoms with E-state index in [0.717, 1.165) is 6.54 Å². The van der Waals surface area contributed by atoms with E-state index in [-0.39, 0.29) is 0 Å². The SMILES string of the molecule is CC(c1cscn1)N(C)CC1CCCN1. The molecule has 15 heavy (non-hydrogen) atoms. The molecule has 0 bridgehead atoms. The van der Waals surface area contributed by atoms with Crippen molar-refractivity contribution in [2.24, 2.45) is 0 Å². The fourth-order valence-corrected chi connectivity index (χ4v) is 2.71. The van der Waals surface area contributed by atoms with E-state index < -0.39 is 0 Å². The number of nitrogens with one attached hydrogen (secondary N) is 1. The molecular formula is C11H19N3S. The van der Waals surface area contributed by atoms with Crippen molar-refractivity contribution >= 4 is 11.3 Å². The van der Waals surface area contributed by atoms with E-state index in [1.807, 2.05) is 5.51 Å². The number of nitrogens with zero attached hydrogens (tertiary/aromatic N) is 2. The van der Waals surface area contributed by atoms with Crippen LogP contribution in [0.1, 0.15) is 31.5 Å². The van der Waals surface area contributed by atoms with E-state index in [2.05, 4.69) is 34.6 Å². The molecular weight excluding hydrogens is 206 g/mol. The predicted molar refractivity (Wildman–Crippen MR) is 64.2 cm³/mol. The number of hydrogen-bond donors (Lipinski definition) is 1. The summed E-state index contributed by atoms with van der Waals surface area (Å²) in [5, 5.41) is 5.67. The molecule has 0 amide bonds. The van der Waals surface area contributed by atoms with E-state index in [1.54, 1.807) is 11.3 Å². The third-order valence-corrected chi connectivity index (χ3v) is 3.82. The van der Waals surface area contributed by atoms with E-state index in [4.69, 9.17) is 0 Å². The molecule has 1 aliphatic rings. The molecule has 1 fully saturated rings. The van der Waals surface area contributed by atoms with E-state index in [0.29, 0.717) is 12.1 Å². The van der Waals surface area contributed by atoms with Crippen molar-refractivity contribution in [3.05, 3.63) is 16.6 Å². The fourth-order valence-electron chi connectivity index (χ4n) is 2.07. The molecule has 0 spiro atoms. The zero-order valence-electron chi connectivity index (χ0n) is 9.44. The van der Waals surface area contributed by atoms with Gasteiger partial charge >= 0.3 is 0 Å². The third kappa shape index (κ3) is 2.77. The van der Waals surface area contributed by atoms with Gasteiger partial charge in [-0.3, -0.25) is 4.90 Å². The minimum Gasteiger partial charge on any atom is -0.313 e. The van der Waals surface area contributed by atoms with Gasteiger partial charge in [0.1, 0.15) is 0 Å². The molecule has 2 rings (SSSR count). The lowest BCUT2D eigenvalue weighted by molar-refractivity contribution is 0.235. The highest BCUT2D eigenvalue weighted by Crippen LogP contribution is 2.19. The van der Waals surface area contributed by atoms with Gasteiger partial charge in [-0.1, -0.05) is 0 Å². The molecule has 3 nitrogen and oxygen atoms in total. The van der Waals surface area contributed by atoms with Crippen molar-refractivity contribution in [2.75, 3.05) is 20.1 Å². The first-order valence-electron chi connectivity index (χ1n) is 5.59. The summed E-state index contributed by atoms with van der Waals surface area (Å²) < 4.78 is 0. The van der Waals surface area contributed by atoms with Crippen molar-refractivity contribution in [1.29, 1.82) is 0 Å². The minimum absolute atomic E-state index is 0.429. The average Bonchev–Trinajstić information content (AvgIpc) is 2.88. The van der Waals surface area contributed by atoms with Crippen molar-refractivity contribution in [2.45, 2.75) is 31.8 Å². The molecule has 1 N–H and O–H groups in total. The van der Waals surface area contributed by atoms with Crippen LogP contribution in [0.2, 0.25) is 0 Å². The largest absolute Gasteiger partial charge is 0.313 e. The minimum atomic E-state index is 0.429. The second kappa shape index (κ2) is 5.05. The second-order valence-corrected chi connectivity index (χ2v) is 5.04. The van der Waals surface area contributed by atoms with E-state index >= 15 is 0 Å². The van der Waals surface area contributed by atoms with Crippen molar-refractivity contribution in [3.8, 4) is 0 Å². The van der Waals surface area contributed by atoms with Gasteiger partial charge in [-0.15, -0.1) is 11.3 Å². The number of rotatable bonds is 4. The Kier molecular flexibility index (Phi) is 3.72. The molecule has 0 saturated carbocycles. The highest BCUT2D eigenvalue weighted by Gasteiger charge is 2.20. The van der Waals surface area contributed by atoms with Crippen LogP contribution in [0.25, 0.3) is 0 Å². The Morgan fingerprint density at radius 1 is 1.73 bits per heavy atom. The predicted octanol–water partition coefficient (Wildman–Crippen LogP) is 1.89. The van der Waals surface area contributed by atoms with Crippen LogP contribution >= 0.6 is 11.3 Å². The third-order valence-electron chi connectivity index (χ3n) is 3.21. The molecule has 1 aliphatic heterocycles. The molecule has 0 aromatic carbocycles. The molecule has 84 valence electrons. The Balaban J connectivity index is 1.87. The zero-order valence-corrected chi connectivity index (χ0v) is 10.3. The van der Waals surface area contributed by atoms with Crippen LogP contribution in [-0.2, 0) is 0 Å². The lowest BCUT2D eigenvalue weighted by atomic mass is 10.1. The normalized spacial score (nSPS) is 23.5. The first-order chi connectivity index (χ1) is 7.27. The van der Waals surface area contributed by atoms with Gasteiger partial charge in [-0.25, -0.2) is 4.98 Å². The highest BCUT2D eigenvalue weighted by molar-refractivity contribution is 7.07. The summed E-state index contributed by atoms with van der Waals surface area (Å²) in [7, 11) is 2.18. The quantitative estimate of drug-likeness (QED) is 0.848. The van der Waals surface area contributed by atoms with Crippen LogP contribution in [-0.4, -0.2) is 36.1 Å². The molecule has 0 radical (unpaired) electrons. The van der Waals surface area contributed by atoms with E-state index in [9.17, 15) is 0 Å². The zero-order chi connectivity index (χ0) is 10.7. The Morgan fingerprint density at radius 2 is 2.60 bits per heavy atom. The topological polar surface area (TPSA) is 28.2 Å². The second-order valence-electron chi connectivity index (χ2n) is 4.32. The summed E-state index contributed by atoms with van der Waals surface area (Å²) >= 11 is 1.67. The number of thiazole rings is 1. The summed E-state index contributed by atoms with van der Waals surface area (Å²) in [6.45, 7) is 4.53. The highest BCUT2D eigenvalue weighted by atomic mass is 32.1. The van der Waals surface area contributed by atoms with Crippen molar-refractivity contribution in [1.82, 2.24) is 15.2 Å². The molecule has 2 heterocycles. The van der Waals surface area contributed by atoms with Gasteiger partial charge in [0.15, 0.2) is 0 Å². The maximum atomic E-state index is 4.37. The van der Waals surface area contributed by atoms with Gasteiger partial charge in [0.25, 0.3) is 0 Å². The lowest BCUT2D eigenvalue weighted by Gasteiger charge is -2.26. The maximum absolute atomic E-state index is 4.37. The molecule has 1 aromatic rings. The summed E-state index contributed by atoms with van der Waals surface area (Å²) in [5.74, 6) is 0. The monoisotopic (exact) mass is 225 g/mol. The summed E-state index contributed by atoms with van der Waals surface area (Å²) in [5.41, 5.74) is 3.11. The number of hydrogen-bond acceptors (Lipinski definition) is 4.